The molecule has 3 nitrogen and oxygen atoms in total. The fourth-order valence-electron chi connectivity index (χ4n) is 1.69. The SMILES string of the molecule is CN(CC1(CO)CC1)c1ccc[nH]1. The number of aromatic amines is 1. The molecule has 1 aromatic heterocycles. The van der Waals surface area contributed by atoms with E-state index in [1.807, 2.05) is 18.3 Å². The van der Waals surface area contributed by atoms with Gasteiger partial charge in [-0.1, -0.05) is 0 Å². The van der Waals surface area contributed by atoms with Crippen molar-refractivity contribution >= 4 is 5.82 Å². The zero-order valence-electron chi connectivity index (χ0n) is 7.95. The third kappa shape index (κ3) is 1.70. The summed E-state index contributed by atoms with van der Waals surface area (Å²) in [6, 6.07) is 4.04. The van der Waals surface area contributed by atoms with E-state index in [1.165, 1.54) is 0 Å². The molecule has 0 radical (unpaired) electrons. The number of hydrogen-bond donors (Lipinski definition) is 2. The predicted octanol–water partition coefficient (Wildman–Crippen LogP) is 1.22. The van der Waals surface area contributed by atoms with Crippen LogP contribution < -0.4 is 4.90 Å². The Bertz CT molecular complexity index is 264. The molecule has 0 saturated heterocycles. The minimum atomic E-state index is 0.194. The van der Waals surface area contributed by atoms with Gasteiger partial charge in [0.2, 0.25) is 0 Å². The lowest BCUT2D eigenvalue weighted by molar-refractivity contribution is 0.215. The number of nitrogens with one attached hydrogen (secondary N) is 1. The molecule has 1 aliphatic carbocycles. The van der Waals surface area contributed by atoms with E-state index in [0.29, 0.717) is 6.61 Å². The van der Waals surface area contributed by atoms with Gasteiger partial charge in [0.1, 0.15) is 5.82 Å². The van der Waals surface area contributed by atoms with E-state index in [4.69, 9.17) is 5.11 Å². The van der Waals surface area contributed by atoms with Crippen molar-refractivity contribution in [3.63, 3.8) is 0 Å². The zero-order valence-corrected chi connectivity index (χ0v) is 7.95. The Kier molecular flexibility index (Phi) is 2.04. The van der Waals surface area contributed by atoms with Gasteiger partial charge in [0.15, 0.2) is 0 Å². The Morgan fingerprint density at radius 3 is 2.85 bits per heavy atom. The van der Waals surface area contributed by atoms with Gasteiger partial charge in [-0.05, 0) is 25.0 Å². The molecule has 3 heteroatoms. The van der Waals surface area contributed by atoms with Gasteiger partial charge in [0, 0.05) is 25.2 Å². The van der Waals surface area contributed by atoms with Crippen LogP contribution in [-0.2, 0) is 0 Å². The van der Waals surface area contributed by atoms with Crippen LogP contribution in [0.25, 0.3) is 0 Å². The fourth-order valence-corrected chi connectivity index (χ4v) is 1.69. The van der Waals surface area contributed by atoms with E-state index in [9.17, 15) is 0 Å². The topological polar surface area (TPSA) is 39.3 Å². The van der Waals surface area contributed by atoms with Crippen LogP contribution in [0.1, 0.15) is 12.8 Å². The number of aliphatic hydroxyl groups excluding tert-OH is 1. The smallest absolute Gasteiger partial charge is 0.105 e. The predicted molar refractivity (Wildman–Crippen MR) is 52.8 cm³/mol. The lowest BCUT2D eigenvalue weighted by atomic mass is 10.1. The van der Waals surface area contributed by atoms with Crippen molar-refractivity contribution in [2.24, 2.45) is 5.41 Å². The molecular formula is C10H16N2O. The minimum absolute atomic E-state index is 0.194. The molecule has 0 aromatic carbocycles. The Labute approximate surface area is 78.4 Å². The number of aliphatic hydroxyl groups is 1. The first kappa shape index (κ1) is 8.63. The van der Waals surface area contributed by atoms with Crippen LogP contribution in [0.5, 0.6) is 0 Å². The third-order valence-corrected chi connectivity index (χ3v) is 2.86. The molecule has 13 heavy (non-hydrogen) atoms. The van der Waals surface area contributed by atoms with Gasteiger partial charge in [-0.3, -0.25) is 0 Å². The molecule has 0 unspecified atom stereocenters. The average Bonchev–Trinajstić information content (AvgIpc) is 2.69. The largest absolute Gasteiger partial charge is 0.396 e. The Balaban J connectivity index is 1.96. The molecule has 1 saturated carbocycles. The van der Waals surface area contributed by atoms with Gasteiger partial charge in [-0.2, -0.15) is 0 Å². The maximum atomic E-state index is 9.17. The lowest BCUT2D eigenvalue weighted by Crippen LogP contribution is -2.28. The lowest BCUT2D eigenvalue weighted by Gasteiger charge is -2.22. The quantitative estimate of drug-likeness (QED) is 0.731. The number of aromatic nitrogens is 1. The normalized spacial score (nSPS) is 18.6. The minimum Gasteiger partial charge on any atom is -0.396 e. The average molecular weight is 180 g/mol. The van der Waals surface area contributed by atoms with E-state index in [0.717, 1.165) is 25.2 Å². The van der Waals surface area contributed by atoms with E-state index < -0.39 is 0 Å². The number of hydrogen-bond acceptors (Lipinski definition) is 2. The Morgan fingerprint density at radius 1 is 1.62 bits per heavy atom. The van der Waals surface area contributed by atoms with Crippen molar-refractivity contribution in [3.8, 4) is 0 Å². The van der Waals surface area contributed by atoms with E-state index in [2.05, 4.69) is 16.9 Å². The number of rotatable bonds is 4. The Hall–Kier alpha value is -0.960. The second kappa shape index (κ2) is 3.07. The summed E-state index contributed by atoms with van der Waals surface area (Å²) >= 11 is 0. The van der Waals surface area contributed by atoms with Gasteiger partial charge in [-0.25, -0.2) is 0 Å². The van der Waals surface area contributed by atoms with Crippen LogP contribution in [0.2, 0.25) is 0 Å². The van der Waals surface area contributed by atoms with Crippen molar-refractivity contribution in [1.29, 1.82) is 0 Å². The summed E-state index contributed by atoms with van der Waals surface area (Å²) in [5.74, 6) is 1.12. The molecule has 72 valence electrons. The molecule has 1 heterocycles. The van der Waals surface area contributed by atoms with Crippen LogP contribution in [0.4, 0.5) is 5.82 Å². The molecule has 2 rings (SSSR count). The van der Waals surface area contributed by atoms with Crippen molar-refractivity contribution in [2.45, 2.75) is 12.8 Å². The highest BCUT2D eigenvalue weighted by Gasteiger charge is 2.42. The summed E-state index contributed by atoms with van der Waals surface area (Å²) in [6.45, 7) is 1.27. The first-order chi connectivity index (χ1) is 6.26. The number of anilines is 1. The first-order valence-corrected chi connectivity index (χ1v) is 4.71. The summed E-state index contributed by atoms with van der Waals surface area (Å²) in [7, 11) is 2.06. The van der Waals surface area contributed by atoms with Gasteiger partial charge < -0.3 is 15.0 Å². The molecule has 0 atom stereocenters. The maximum absolute atomic E-state index is 9.17. The monoisotopic (exact) mass is 180 g/mol. The summed E-state index contributed by atoms with van der Waals surface area (Å²) in [6.07, 6.45) is 4.24. The molecule has 1 aliphatic rings. The Morgan fingerprint density at radius 2 is 2.38 bits per heavy atom. The molecular weight excluding hydrogens is 164 g/mol. The molecule has 0 bridgehead atoms. The highest BCUT2D eigenvalue weighted by Crippen LogP contribution is 2.45. The molecule has 2 N–H and O–H groups in total. The van der Waals surface area contributed by atoms with Gasteiger partial charge in [0.25, 0.3) is 0 Å². The highest BCUT2D eigenvalue weighted by atomic mass is 16.3. The second-order valence-corrected chi connectivity index (χ2v) is 4.07. The maximum Gasteiger partial charge on any atom is 0.105 e. The van der Waals surface area contributed by atoms with Crippen molar-refractivity contribution < 1.29 is 5.11 Å². The van der Waals surface area contributed by atoms with Gasteiger partial charge >= 0.3 is 0 Å². The first-order valence-electron chi connectivity index (χ1n) is 4.71. The standard InChI is InChI=1S/C10H16N2O/c1-12(9-3-2-6-11-9)7-10(8-13)4-5-10/h2-3,6,11,13H,4-5,7-8H2,1H3. The van der Waals surface area contributed by atoms with Crippen molar-refractivity contribution in [2.75, 3.05) is 25.1 Å². The summed E-state index contributed by atoms with van der Waals surface area (Å²) in [5.41, 5.74) is 0.194. The molecule has 0 amide bonds. The van der Waals surface area contributed by atoms with Crippen LogP contribution in [0.3, 0.4) is 0 Å². The second-order valence-electron chi connectivity index (χ2n) is 4.07. The van der Waals surface area contributed by atoms with Crippen LogP contribution in [0, 0.1) is 5.41 Å². The zero-order chi connectivity index (χ0) is 9.31. The molecule has 1 aromatic rings. The molecule has 0 aliphatic heterocycles. The summed E-state index contributed by atoms with van der Waals surface area (Å²) in [4.78, 5) is 5.33. The fraction of sp³-hybridized carbons (Fsp3) is 0.600. The van der Waals surface area contributed by atoms with Crippen LogP contribution in [-0.4, -0.2) is 30.3 Å². The summed E-state index contributed by atoms with van der Waals surface area (Å²) < 4.78 is 0. The molecule has 1 fully saturated rings. The third-order valence-electron chi connectivity index (χ3n) is 2.86. The van der Waals surface area contributed by atoms with Gasteiger partial charge in [0.05, 0.1) is 6.61 Å². The van der Waals surface area contributed by atoms with E-state index >= 15 is 0 Å². The number of H-pyrrole nitrogens is 1. The van der Waals surface area contributed by atoms with Gasteiger partial charge in [-0.15, -0.1) is 0 Å². The summed E-state index contributed by atoms with van der Waals surface area (Å²) in [5, 5.41) is 9.17. The van der Waals surface area contributed by atoms with Crippen molar-refractivity contribution in [1.82, 2.24) is 4.98 Å². The van der Waals surface area contributed by atoms with Crippen LogP contribution >= 0.6 is 0 Å². The van der Waals surface area contributed by atoms with Crippen molar-refractivity contribution in [3.05, 3.63) is 18.3 Å². The van der Waals surface area contributed by atoms with E-state index in [1.54, 1.807) is 0 Å². The molecule has 0 spiro atoms. The number of nitrogens with zero attached hydrogens (tertiary/aromatic N) is 1. The van der Waals surface area contributed by atoms with Crippen LogP contribution in [0.15, 0.2) is 18.3 Å². The highest BCUT2D eigenvalue weighted by molar-refractivity contribution is 5.38. The van der Waals surface area contributed by atoms with E-state index in [-0.39, 0.29) is 5.41 Å².